The molecule has 0 aliphatic heterocycles. The monoisotopic (exact) mass is 683 g/mol. The highest BCUT2D eigenvalue weighted by molar-refractivity contribution is 7.91. The second-order valence-corrected chi connectivity index (χ2v) is 14.3. The number of methoxy groups -OCH3 is 1. The Kier molecular flexibility index (Phi) is 11.4. The number of nitrogens with one attached hydrogen (secondary N) is 2. The molecule has 0 spiro atoms. The van der Waals surface area contributed by atoms with Crippen molar-refractivity contribution in [1.29, 1.82) is 0 Å². The molecule has 0 aliphatic rings. The Morgan fingerprint density at radius 2 is 1.89 bits per heavy atom. The number of benzene rings is 3. The molecule has 2 aromatic heterocycles. The molecule has 0 aliphatic carbocycles. The maximum Gasteiger partial charge on any atom is 0.151 e. The summed E-state index contributed by atoms with van der Waals surface area (Å²) in [6.45, 7) is 3.23. The van der Waals surface area contributed by atoms with Gasteiger partial charge in [0, 0.05) is 46.8 Å². The van der Waals surface area contributed by atoms with Crippen molar-refractivity contribution in [3.63, 3.8) is 0 Å². The third kappa shape index (κ3) is 8.91. The SMILES string of the molecule is CCCS(=O)(=O)CCNCCCc1nc(-c2cc3c(Nc4ccc(OCc5cccc(F)c5)c(Cl)c4)ncnc3cc2OC)cs1. The second-order valence-electron chi connectivity index (χ2n) is 10.6. The fourth-order valence-electron chi connectivity index (χ4n) is 4.85. The van der Waals surface area contributed by atoms with E-state index in [1.807, 2.05) is 30.5 Å². The Morgan fingerprint density at radius 3 is 2.67 bits per heavy atom. The van der Waals surface area contributed by atoms with Crippen LogP contribution in [0.5, 0.6) is 11.5 Å². The Balaban J connectivity index is 1.26. The first-order chi connectivity index (χ1) is 22.2. The topological polar surface area (TPSA) is 115 Å². The van der Waals surface area contributed by atoms with Gasteiger partial charge in [0.25, 0.3) is 0 Å². The fraction of sp³-hybridized carbons (Fsp3) is 0.303. The van der Waals surface area contributed by atoms with Crippen LogP contribution in [0, 0.1) is 5.82 Å². The van der Waals surface area contributed by atoms with Gasteiger partial charge in [-0.1, -0.05) is 30.7 Å². The molecule has 0 bridgehead atoms. The van der Waals surface area contributed by atoms with Crippen molar-refractivity contribution in [1.82, 2.24) is 20.3 Å². The van der Waals surface area contributed by atoms with Crippen LogP contribution in [0.2, 0.25) is 5.02 Å². The second kappa shape index (κ2) is 15.6. The fourth-order valence-corrected chi connectivity index (χ4v) is 7.21. The first kappa shape index (κ1) is 33.5. The van der Waals surface area contributed by atoms with Crippen molar-refractivity contribution in [2.24, 2.45) is 0 Å². The summed E-state index contributed by atoms with van der Waals surface area (Å²) in [5, 5.41) is 10.7. The zero-order valence-corrected chi connectivity index (χ0v) is 27.9. The minimum absolute atomic E-state index is 0.162. The van der Waals surface area contributed by atoms with Gasteiger partial charge in [-0.2, -0.15) is 0 Å². The molecule has 242 valence electrons. The predicted molar refractivity (Wildman–Crippen MR) is 183 cm³/mol. The lowest BCUT2D eigenvalue weighted by molar-refractivity contribution is 0.306. The number of thiazole rings is 1. The first-order valence-corrected chi connectivity index (χ1v) is 17.9. The molecule has 0 amide bonds. The molecule has 2 N–H and O–H groups in total. The molecule has 5 aromatic rings. The van der Waals surface area contributed by atoms with Crippen LogP contribution in [0.15, 0.2) is 66.3 Å². The zero-order valence-electron chi connectivity index (χ0n) is 25.6. The summed E-state index contributed by atoms with van der Waals surface area (Å²) in [5.41, 5.74) is 3.70. The average Bonchev–Trinajstić information content (AvgIpc) is 3.50. The standard InChI is InChI=1S/C33H35ClFN5O4S2/c1-3-13-46(41,42)14-12-36-11-5-8-32-40-29(20-45-32)25-17-26-28(18-31(25)43-2)37-21-38-33(26)39-24-9-10-30(27(34)16-24)44-19-22-6-4-7-23(35)15-22/h4,6-7,9-10,15-18,20-21,36H,3,5,8,11-14,19H2,1-2H3,(H,37,38,39). The number of nitrogens with zero attached hydrogens (tertiary/aromatic N) is 3. The Morgan fingerprint density at radius 1 is 1.02 bits per heavy atom. The van der Waals surface area contributed by atoms with E-state index in [9.17, 15) is 12.8 Å². The molecule has 0 saturated carbocycles. The summed E-state index contributed by atoms with van der Waals surface area (Å²) < 4.78 is 48.8. The highest BCUT2D eigenvalue weighted by Crippen LogP contribution is 2.37. The van der Waals surface area contributed by atoms with Crippen molar-refractivity contribution in [3.05, 3.63) is 87.7 Å². The van der Waals surface area contributed by atoms with Gasteiger partial charge in [-0.3, -0.25) is 0 Å². The Hall–Kier alpha value is -3.84. The summed E-state index contributed by atoms with van der Waals surface area (Å²) in [7, 11) is -1.36. The van der Waals surface area contributed by atoms with E-state index in [2.05, 4.69) is 20.6 Å². The van der Waals surface area contributed by atoms with Crippen molar-refractivity contribution < 1.29 is 22.3 Å². The summed E-state index contributed by atoms with van der Waals surface area (Å²) in [5.74, 6) is 1.78. The third-order valence-corrected chi connectivity index (χ3v) is 10.2. The predicted octanol–water partition coefficient (Wildman–Crippen LogP) is 7.22. The highest BCUT2D eigenvalue weighted by atomic mass is 35.5. The van der Waals surface area contributed by atoms with Crippen LogP contribution in [-0.2, 0) is 22.9 Å². The quantitative estimate of drug-likeness (QED) is 0.104. The van der Waals surface area contributed by atoms with Crippen LogP contribution in [0.4, 0.5) is 15.9 Å². The van der Waals surface area contributed by atoms with E-state index < -0.39 is 9.84 Å². The number of aryl methyl sites for hydroxylation is 1. The van der Waals surface area contributed by atoms with E-state index >= 15 is 0 Å². The molecular weight excluding hydrogens is 649 g/mol. The van der Waals surface area contributed by atoms with Crippen molar-refractivity contribution in [2.75, 3.05) is 37.0 Å². The van der Waals surface area contributed by atoms with E-state index in [0.717, 1.165) is 34.5 Å². The number of hydrogen-bond donors (Lipinski definition) is 2. The average molecular weight is 684 g/mol. The van der Waals surface area contributed by atoms with Gasteiger partial charge in [0.15, 0.2) is 9.84 Å². The maximum absolute atomic E-state index is 13.5. The smallest absolute Gasteiger partial charge is 0.151 e. The molecule has 0 atom stereocenters. The van der Waals surface area contributed by atoms with E-state index in [-0.39, 0.29) is 23.9 Å². The lowest BCUT2D eigenvalue weighted by Crippen LogP contribution is -2.25. The number of hydrogen-bond acceptors (Lipinski definition) is 10. The normalized spacial score (nSPS) is 11.6. The van der Waals surface area contributed by atoms with Crippen LogP contribution < -0.4 is 20.1 Å². The lowest BCUT2D eigenvalue weighted by atomic mass is 10.1. The molecular formula is C33H35ClFN5O4S2. The number of aromatic nitrogens is 3. The van der Waals surface area contributed by atoms with Gasteiger partial charge in [0.2, 0.25) is 0 Å². The molecule has 5 rings (SSSR count). The van der Waals surface area contributed by atoms with Crippen LogP contribution in [0.3, 0.4) is 0 Å². The van der Waals surface area contributed by atoms with E-state index in [1.165, 1.54) is 18.5 Å². The van der Waals surface area contributed by atoms with Gasteiger partial charge in [0.1, 0.15) is 36.1 Å². The largest absolute Gasteiger partial charge is 0.496 e. The number of ether oxygens (including phenoxy) is 2. The number of fused-ring (bicyclic) bond motifs is 1. The number of rotatable bonds is 16. The molecule has 46 heavy (non-hydrogen) atoms. The van der Waals surface area contributed by atoms with Gasteiger partial charge in [-0.25, -0.2) is 27.8 Å². The molecule has 3 aromatic carbocycles. The first-order valence-electron chi connectivity index (χ1n) is 14.9. The minimum Gasteiger partial charge on any atom is -0.496 e. The summed E-state index contributed by atoms with van der Waals surface area (Å²) in [6.07, 6.45) is 3.74. The molecule has 0 saturated heterocycles. The van der Waals surface area contributed by atoms with Crippen LogP contribution >= 0.6 is 22.9 Å². The van der Waals surface area contributed by atoms with E-state index in [0.29, 0.717) is 58.6 Å². The van der Waals surface area contributed by atoms with E-state index in [1.54, 1.807) is 42.7 Å². The highest BCUT2D eigenvalue weighted by Gasteiger charge is 2.16. The number of halogens is 2. The van der Waals surface area contributed by atoms with Crippen molar-refractivity contribution >= 4 is 55.2 Å². The maximum atomic E-state index is 13.5. The molecule has 13 heteroatoms. The number of anilines is 2. The van der Waals surface area contributed by atoms with Gasteiger partial charge < -0.3 is 20.1 Å². The zero-order chi connectivity index (χ0) is 32.5. The Bertz CT molecular complexity index is 1900. The molecule has 9 nitrogen and oxygen atoms in total. The number of sulfone groups is 1. The van der Waals surface area contributed by atoms with Gasteiger partial charge in [0.05, 0.1) is 34.1 Å². The van der Waals surface area contributed by atoms with Gasteiger partial charge >= 0.3 is 0 Å². The molecule has 2 heterocycles. The van der Waals surface area contributed by atoms with Crippen LogP contribution in [0.1, 0.15) is 30.3 Å². The molecule has 0 radical (unpaired) electrons. The molecule has 0 fully saturated rings. The van der Waals surface area contributed by atoms with Crippen molar-refractivity contribution in [2.45, 2.75) is 32.8 Å². The van der Waals surface area contributed by atoms with Gasteiger partial charge in [-0.15, -0.1) is 11.3 Å². The Labute approximate surface area is 277 Å². The molecule has 0 unspecified atom stereocenters. The summed E-state index contributed by atoms with van der Waals surface area (Å²) >= 11 is 8.10. The lowest BCUT2D eigenvalue weighted by Gasteiger charge is -2.13. The summed E-state index contributed by atoms with van der Waals surface area (Å²) in [6, 6.07) is 15.4. The van der Waals surface area contributed by atoms with E-state index in [4.69, 9.17) is 26.1 Å². The summed E-state index contributed by atoms with van der Waals surface area (Å²) in [4.78, 5) is 13.8. The van der Waals surface area contributed by atoms with Gasteiger partial charge in [-0.05, 0) is 61.3 Å². The third-order valence-electron chi connectivity index (χ3n) is 7.11. The van der Waals surface area contributed by atoms with Crippen LogP contribution in [0.25, 0.3) is 22.2 Å². The van der Waals surface area contributed by atoms with Crippen molar-refractivity contribution in [3.8, 4) is 22.8 Å². The minimum atomic E-state index is -2.98. The van der Waals surface area contributed by atoms with Crippen LogP contribution in [-0.4, -0.2) is 55.1 Å².